The number of halogens is 2. The number of nitrogens with zero attached hydrogens (tertiary/aromatic N) is 2. The molecule has 1 heterocycles. The zero-order valence-corrected chi connectivity index (χ0v) is 12.0. The number of nitrogens with two attached hydrogens (primary N) is 1. The molecule has 2 rings (SSSR count). The Balaban J connectivity index is 2.41. The number of aryl methyl sites for hydroxylation is 1. The van der Waals surface area contributed by atoms with Crippen LogP contribution in [0.5, 0.6) is 0 Å². The highest BCUT2D eigenvalue weighted by Gasteiger charge is 2.07. The van der Waals surface area contributed by atoms with Gasteiger partial charge in [-0.05, 0) is 40.5 Å². The van der Waals surface area contributed by atoms with Crippen molar-refractivity contribution in [2.24, 2.45) is 0 Å². The van der Waals surface area contributed by atoms with Gasteiger partial charge in [-0.2, -0.15) is 0 Å². The van der Waals surface area contributed by atoms with Gasteiger partial charge in [0.25, 0.3) is 5.56 Å². The Hall–Kier alpha value is -1.33. The van der Waals surface area contributed by atoms with Gasteiger partial charge < -0.3 is 5.73 Å². The summed E-state index contributed by atoms with van der Waals surface area (Å²) in [4.78, 5) is 16.1. The van der Waals surface area contributed by atoms with Crippen LogP contribution in [0.2, 0.25) is 5.02 Å². The molecule has 0 aliphatic heterocycles. The van der Waals surface area contributed by atoms with Crippen molar-refractivity contribution < 1.29 is 0 Å². The lowest BCUT2D eigenvalue weighted by atomic mass is 10.2. The van der Waals surface area contributed by atoms with Crippen LogP contribution in [0.3, 0.4) is 0 Å². The summed E-state index contributed by atoms with van der Waals surface area (Å²) in [5.74, 6) is 0. The molecule has 0 aliphatic carbocycles. The number of hydrogen-bond acceptors (Lipinski definition) is 3. The van der Waals surface area contributed by atoms with E-state index in [1.807, 2.05) is 0 Å². The molecule has 0 spiro atoms. The molecule has 0 atom stereocenters. The summed E-state index contributed by atoms with van der Waals surface area (Å²) in [5.41, 5.74) is 7.58. The summed E-state index contributed by atoms with van der Waals surface area (Å²) in [6, 6.07) is 5.22. The second-order valence-corrected chi connectivity index (χ2v) is 5.13. The van der Waals surface area contributed by atoms with Crippen molar-refractivity contribution in [3.8, 4) is 0 Å². The Bertz CT molecular complexity index is 654. The number of hydrogen-bond donors (Lipinski definition) is 1. The molecule has 94 valence electrons. The first-order valence-electron chi connectivity index (χ1n) is 5.24. The lowest BCUT2D eigenvalue weighted by molar-refractivity contribution is 0.724. The Morgan fingerprint density at radius 3 is 2.89 bits per heavy atom. The number of anilines is 1. The van der Waals surface area contributed by atoms with Crippen molar-refractivity contribution in [2.75, 3.05) is 5.73 Å². The van der Waals surface area contributed by atoms with Gasteiger partial charge in [0, 0.05) is 10.7 Å². The molecule has 4 nitrogen and oxygen atoms in total. The van der Waals surface area contributed by atoms with E-state index >= 15 is 0 Å². The van der Waals surface area contributed by atoms with Crippen molar-refractivity contribution in [1.82, 2.24) is 9.55 Å². The van der Waals surface area contributed by atoms with E-state index < -0.39 is 0 Å². The molecule has 0 radical (unpaired) electrons. The minimum atomic E-state index is -0.129. The molecule has 2 N–H and O–H groups in total. The average molecular weight is 329 g/mol. The van der Waals surface area contributed by atoms with E-state index in [0.717, 1.165) is 5.56 Å². The van der Waals surface area contributed by atoms with E-state index in [9.17, 15) is 4.79 Å². The Kier molecular flexibility index (Phi) is 3.73. The summed E-state index contributed by atoms with van der Waals surface area (Å²) in [6.07, 6.45) is 1.51. The molecular weight excluding hydrogens is 318 g/mol. The van der Waals surface area contributed by atoms with Crippen LogP contribution in [0.25, 0.3) is 0 Å². The van der Waals surface area contributed by atoms with Crippen LogP contribution in [0.1, 0.15) is 11.3 Å². The number of benzene rings is 1. The molecule has 1 aromatic carbocycles. The molecule has 0 bridgehead atoms. The van der Waals surface area contributed by atoms with Gasteiger partial charge in [0.2, 0.25) is 0 Å². The molecule has 0 unspecified atom stereocenters. The van der Waals surface area contributed by atoms with Crippen molar-refractivity contribution in [2.45, 2.75) is 13.5 Å². The third kappa shape index (κ3) is 2.57. The van der Waals surface area contributed by atoms with E-state index in [4.69, 9.17) is 17.3 Å². The maximum atomic E-state index is 12.0. The van der Waals surface area contributed by atoms with Gasteiger partial charge >= 0.3 is 0 Å². The first kappa shape index (κ1) is 13.1. The fraction of sp³-hybridized carbons (Fsp3) is 0.167. The Labute approximate surface area is 118 Å². The zero-order chi connectivity index (χ0) is 13.3. The summed E-state index contributed by atoms with van der Waals surface area (Å²) in [6.45, 7) is 2.13. The first-order chi connectivity index (χ1) is 8.49. The minimum Gasteiger partial charge on any atom is -0.399 e. The summed E-state index contributed by atoms with van der Waals surface area (Å²) in [5, 5.41) is 0.540. The highest BCUT2D eigenvalue weighted by atomic mass is 79.9. The molecule has 18 heavy (non-hydrogen) atoms. The van der Waals surface area contributed by atoms with Crippen LogP contribution < -0.4 is 11.3 Å². The van der Waals surface area contributed by atoms with Crippen molar-refractivity contribution in [1.29, 1.82) is 0 Å². The molecule has 6 heteroatoms. The van der Waals surface area contributed by atoms with E-state index in [1.165, 1.54) is 10.9 Å². The van der Waals surface area contributed by atoms with Crippen molar-refractivity contribution in [3.05, 3.63) is 55.6 Å². The second kappa shape index (κ2) is 5.12. The van der Waals surface area contributed by atoms with Crippen LogP contribution in [0, 0.1) is 6.92 Å². The van der Waals surface area contributed by atoms with Gasteiger partial charge in [0.05, 0.1) is 18.6 Å². The van der Waals surface area contributed by atoms with Gasteiger partial charge in [0.1, 0.15) is 4.47 Å². The predicted octanol–water partition coefficient (Wildman–Crippen LogP) is 2.60. The third-order valence-corrected chi connectivity index (χ3v) is 3.84. The van der Waals surface area contributed by atoms with Crippen LogP contribution in [-0.4, -0.2) is 9.55 Å². The van der Waals surface area contributed by atoms with Gasteiger partial charge in [-0.25, -0.2) is 4.98 Å². The third-order valence-electron chi connectivity index (χ3n) is 2.57. The highest BCUT2D eigenvalue weighted by Crippen LogP contribution is 2.19. The monoisotopic (exact) mass is 327 g/mol. The molecular formula is C12H11BrClN3O. The number of rotatable bonds is 2. The molecule has 0 amide bonds. The van der Waals surface area contributed by atoms with Gasteiger partial charge in [-0.3, -0.25) is 9.36 Å². The fourth-order valence-electron chi connectivity index (χ4n) is 1.53. The quantitative estimate of drug-likeness (QED) is 0.862. The number of nitrogen functional groups attached to an aromatic ring is 1. The summed E-state index contributed by atoms with van der Waals surface area (Å²) >= 11 is 9.30. The molecule has 0 aliphatic rings. The Morgan fingerprint density at radius 2 is 2.22 bits per heavy atom. The lowest BCUT2D eigenvalue weighted by Crippen LogP contribution is -2.22. The average Bonchev–Trinajstić information content (AvgIpc) is 2.33. The minimum absolute atomic E-state index is 0.129. The second-order valence-electron chi connectivity index (χ2n) is 3.93. The molecule has 0 saturated heterocycles. The van der Waals surface area contributed by atoms with Crippen LogP contribution in [-0.2, 0) is 6.54 Å². The summed E-state index contributed by atoms with van der Waals surface area (Å²) < 4.78 is 1.96. The van der Waals surface area contributed by atoms with E-state index in [0.29, 0.717) is 27.4 Å². The lowest BCUT2D eigenvalue weighted by Gasteiger charge is -2.09. The normalized spacial score (nSPS) is 10.6. The fourth-order valence-corrected chi connectivity index (χ4v) is 2.11. The Morgan fingerprint density at radius 1 is 1.50 bits per heavy atom. The topological polar surface area (TPSA) is 60.9 Å². The van der Waals surface area contributed by atoms with E-state index in [2.05, 4.69) is 20.9 Å². The van der Waals surface area contributed by atoms with Crippen molar-refractivity contribution in [3.63, 3.8) is 0 Å². The largest absolute Gasteiger partial charge is 0.399 e. The van der Waals surface area contributed by atoms with Crippen LogP contribution >= 0.6 is 27.5 Å². The van der Waals surface area contributed by atoms with Gasteiger partial charge in [0.15, 0.2) is 0 Å². The van der Waals surface area contributed by atoms with Crippen LogP contribution in [0.4, 0.5) is 5.69 Å². The SMILES string of the molecule is Cc1ncn(Cc2ccc(N)cc2Cl)c(=O)c1Br. The zero-order valence-electron chi connectivity index (χ0n) is 9.65. The van der Waals surface area contributed by atoms with E-state index in [-0.39, 0.29) is 5.56 Å². The molecule has 0 fully saturated rings. The van der Waals surface area contributed by atoms with Gasteiger partial charge in [-0.1, -0.05) is 17.7 Å². The standard InChI is InChI=1S/C12H11BrClN3O/c1-7-11(13)12(18)17(6-16-7)5-8-2-3-9(15)4-10(8)14/h2-4,6H,5,15H2,1H3. The van der Waals surface area contributed by atoms with E-state index in [1.54, 1.807) is 25.1 Å². The smallest absolute Gasteiger partial charge is 0.268 e. The maximum Gasteiger partial charge on any atom is 0.268 e. The summed E-state index contributed by atoms with van der Waals surface area (Å²) in [7, 11) is 0. The van der Waals surface area contributed by atoms with Crippen LogP contribution in [0.15, 0.2) is 33.8 Å². The molecule has 1 aromatic heterocycles. The maximum absolute atomic E-state index is 12.0. The molecule has 2 aromatic rings. The van der Waals surface area contributed by atoms with Gasteiger partial charge in [-0.15, -0.1) is 0 Å². The predicted molar refractivity (Wildman–Crippen MR) is 75.9 cm³/mol. The first-order valence-corrected chi connectivity index (χ1v) is 6.41. The highest BCUT2D eigenvalue weighted by molar-refractivity contribution is 9.10. The molecule has 0 saturated carbocycles. The van der Waals surface area contributed by atoms with Crippen molar-refractivity contribution >= 4 is 33.2 Å². The number of aromatic nitrogens is 2.